The zero-order chi connectivity index (χ0) is 10.3. The highest BCUT2D eigenvalue weighted by molar-refractivity contribution is 7.19. The van der Waals surface area contributed by atoms with Gasteiger partial charge in [0, 0.05) is 27.3 Å². The monoisotopic (exact) mass is 209 g/mol. The van der Waals surface area contributed by atoms with E-state index in [9.17, 15) is 5.11 Å². The summed E-state index contributed by atoms with van der Waals surface area (Å²) in [6, 6.07) is 3.03. The second-order valence-electron chi connectivity index (χ2n) is 2.94. The largest absolute Gasteiger partial charge is 0.507 e. The third-order valence-corrected chi connectivity index (χ3v) is 2.99. The highest BCUT2D eigenvalue weighted by Crippen LogP contribution is 2.30. The maximum atomic E-state index is 9.51. The number of phenolic OH excluding ortho intramolecular Hbond substituents is 1. The first-order valence-corrected chi connectivity index (χ1v) is 4.84. The van der Waals surface area contributed by atoms with Crippen molar-refractivity contribution in [3.63, 3.8) is 0 Å². The van der Waals surface area contributed by atoms with Gasteiger partial charge in [0.25, 0.3) is 0 Å². The third-order valence-electron chi connectivity index (χ3n) is 2.05. The molecule has 0 aliphatic heterocycles. The van der Waals surface area contributed by atoms with Gasteiger partial charge in [0.1, 0.15) is 5.75 Å². The summed E-state index contributed by atoms with van der Waals surface area (Å²) in [6.45, 7) is 0. The van der Waals surface area contributed by atoms with Crippen LogP contribution in [0.3, 0.4) is 0 Å². The van der Waals surface area contributed by atoms with E-state index >= 15 is 0 Å². The molecule has 4 nitrogen and oxygen atoms in total. The Labute approximate surface area is 84.4 Å². The van der Waals surface area contributed by atoms with E-state index in [2.05, 4.69) is 0 Å². The molecule has 0 aliphatic rings. The van der Waals surface area contributed by atoms with Crippen LogP contribution in [0.2, 0.25) is 0 Å². The van der Waals surface area contributed by atoms with Crippen molar-refractivity contribution in [1.29, 1.82) is 0 Å². The van der Waals surface area contributed by atoms with Crippen molar-refractivity contribution in [2.45, 2.75) is 0 Å². The molecule has 2 rings (SSSR count). The predicted molar refractivity (Wildman–Crippen MR) is 57.7 cm³/mol. The van der Waals surface area contributed by atoms with Crippen molar-refractivity contribution in [1.82, 2.24) is 0 Å². The highest BCUT2D eigenvalue weighted by Gasteiger charge is 2.20. The standard InChI is InChI=1S/C8H8BNO3S/c10-5-3-6(11)4-1-2-14-8(4)7(5)9(12)13/h1-3,11-13H,10H2. The molecule has 0 fully saturated rings. The Hall–Kier alpha value is -1.24. The van der Waals surface area contributed by atoms with Crippen LogP contribution >= 0.6 is 11.3 Å². The van der Waals surface area contributed by atoms with Crippen molar-refractivity contribution in [2.24, 2.45) is 0 Å². The number of hydrogen-bond acceptors (Lipinski definition) is 5. The number of nitrogen functional groups attached to an aromatic ring is 1. The highest BCUT2D eigenvalue weighted by atomic mass is 32.1. The van der Waals surface area contributed by atoms with Crippen molar-refractivity contribution in [2.75, 3.05) is 5.73 Å². The van der Waals surface area contributed by atoms with Gasteiger partial charge in [0.2, 0.25) is 0 Å². The van der Waals surface area contributed by atoms with Crippen LogP contribution < -0.4 is 11.2 Å². The Morgan fingerprint density at radius 2 is 2.07 bits per heavy atom. The number of anilines is 1. The van der Waals surface area contributed by atoms with Gasteiger partial charge in [-0.3, -0.25) is 0 Å². The van der Waals surface area contributed by atoms with Crippen LogP contribution in [0, 0.1) is 0 Å². The molecule has 1 aromatic carbocycles. The Bertz CT molecular complexity index is 483. The molecule has 0 spiro atoms. The van der Waals surface area contributed by atoms with Crippen molar-refractivity contribution in [3.8, 4) is 5.75 Å². The second-order valence-corrected chi connectivity index (χ2v) is 3.85. The minimum absolute atomic E-state index is 0.0585. The first kappa shape index (κ1) is 9.33. The molecule has 0 amide bonds. The van der Waals surface area contributed by atoms with Crippen LogP contribution in [0.15, 0.2) is 17.5 Å². The third kappa shape index (κ3) is 1.24. The molecule has 0 atom stereocenters. The Morgan fingerprint density at radius 1 is 1.36 bits per heavy atom. The Balaban J connectivity index is 2.86. The Morgan fingerprint density at radius 3 is 2.71 bits per heavy atom. The first-order valence-electron chi connectivity index (χ1n) is 3.96. The molecule has 72 valence electrons. The lowest BCUT2D eigenvalue weighted by molar-refractivity contribution is 0.426. The summed E-state index contributed by atoms with van der Waals surface area (Å²) in [7, 11) is -1.61. The van der Waals surface area contributed by atoms with Gasteiger partial charge >= 0.3 is 7.12 Å². The Kier molecular flexibility index (Phi) is 2.11. The SMILES string of the molecule is Nc1cc(O)c2ccsc2c1B(O)O. The summed E-state index contributed by atoms with van der Waals surface area (Å²) < 4.78 is 0.609. The lowest BCUT2D eigenvalue weighted by atomic mass is 9.78. The number of fused-ring (bicyclic) bond motifs is 1. The molecule has 5 N–H and O–H groups in total. The second kappa shape index (κ2) is 3.16. The van der Waals surface area contributed by atoms with Gasteiger partial charge in [0.05, 0.1) is 0 Å². The number of rotatable bonds is 1. The lowest BCUT2D eigenvalue weighted by Gasteiger charge is -2.07. The van der Waals surface area contributed by atoms with Gasteiger partial charge in [-0.1, -0.05) is 0 Å². The summed E-state index contributed by atoms with van der Waals surface area (Å²) in [5.41, 5.74) is 6.02. The van der Waals surface area contributed by atoms with Crippen LogP contribution in [0.25, 0.3) is 10.1 Å². The first-order chi connectivity index (χ1) is 6.61. The van der Waals surface area contributed by atoms with E-state index in [4.69, 9.17) is 15.8 Å². The topological polar surface area (TPSA) is 86.7 Å². The fourth-order valence-electron chi connectivity index (χ4n) is 1.42. The van der Waals surface area contributed by atoms with E-state index in [0.717, 1.165) is 0 Å². The summed E-state index contributed by atoms with van der Waals surface area (Å²) >= 11 is 1.31. The normalized spacial score (nSPS) is 10.7. The molecule has 6 heteroatoms. The molecule has 0 radical (unpaired) electrons. The van der Waals surface area contributed by atoms with Gasteiger partial charge in [-0.2, -0.15) is 0 Å². The molecule has 0 saturated heterocycles. The fourth-order valence-corrected chi connectivity index (χ4v) is 2.41. The molecule has 1 heterocycles. The zero-order valence-electron chi connectivity index (χ0n) is 7.14. The zero-order valence-corrected chi connectivity index (χ0v) is 7.95. The molecule has 0 saturated carbocycles. The van der Waals surface area contributed by atoms with E-state index < -0.39 is 7.12 Å². The molecule has 0 aliphatic carbocycles. The summed E-state index contributed by atoms with van der Waals surface area (Å²) in [6.07, 6.45) is 0. The van der Waals surface area contributed by atoms with E-state index in [-0.39, 0.29) is 16.9 Å². The van der Waals surface area contributed by atoms with Crippen LogP contribution in [-0.2, 0) is 0 Å². The number of thiophene rings is 1. The number of hydrogen-bond donors (Lipinski definition) is 4. The molecule has 2 aromatic rings. The fraction of sp³-hybridized carbons (Fsp3) is 0. The van der Waals surface area contributed by atoms with Crippen molar-refractivity contribution < 1.29 is 15.2 Å². The van der Waals surface area contributed by atoms with Gasteiger partial charge in [-0.05, 0) is 11.4 Å². The smallest absolute Gasteiger partial charge is 0.492 e. The van der Waals surface area contributed by atoms with Crippen LogP contribution in [0.4, 0.5) is 5.69 Å². The maximum Gasteiger partial charge on any atom is 0.492 e. The number of phenols is 1. The van der Waals surface area contributed by atoms with Gasteiger partial charge in [-0.25, -0.2) is 0 Å². The van der Waals surface area contributed by atoms with Crippen LogP contribution in [-0.4, -0.2) is 22.3 Å². The quantitative estimate of drug-likeness (QED) is 0.389. The number of benzene rings is 1. The van der Waals surface area contributed by atoms with Gasteiger partial charge < -0.3 is 20.9 Å². The maximum absolute atomic E-state index is 9.51. The van der Waals surface area contributed by atoms with Crippen LogP contribution in [0.5, 0.6) is 5.75 Å². The van der Waals surface area contributed by atoms with E-state index in [1.807, 2.05) is 0 Å². The van der Waals surface area contributed by atoms with Crippen molar-refractivity contribution >= 4 is 39.7 Å². The summed E-state index contributed by atoms with van der Waals surface area (Å²) in [4.78, 5) is 0. The summed E-state index contributed by atoms with van der Waals surface area (Å²) in [5.74, 6) is 0.0585. The number of nitrogens with two attached hydrogens (primary N) is 1. The van der Waals surface area contributed by atoms with E-state index in [1.54, 1.807) is 11.4 Å². The lowest BCUT2D eigenvalue weighted by Crippen LogP contribution is -2.32. The van der Waals surface area contributed by atoms with Crippen molar-refractivity contribution in [3.05, 3.63) is 17.5 Å². The van der Waals surface area contributed by atoms with E-state index in [1.165, 1.54) is 17.4 Å². The average molecular weight is 209 g/mol. The molecular weight excluding hydrogens is 201 g/mol. The average Bonchev–Trinajstić information content (AvgIpc) is 2.51. The van der Waals surface area contributed by atoms with Crippen LogP contribution in [0.1, 0.15) is 0 Å². The molecular formula is C8H8BNO3S. The predicted octanol–water partition coefficient (Wildman–Crippen LogP) is -0.131. The minimum Gasteiger partial charge on any atom is -0.507 e. The molecule has 1 aromatic heterocycles. The number of aromatic hydroxyl groups is 1. The summed E-state index contributed by atoms with van der Waals surface area (Å²) in [5, 5.41) is 30.1. The van der Waals surface area contributed by atoms with Gasteiger partial charge in [-0.15, -0.1) is 11.3 Å². The van der Waals surface area contributed by atoms with E-state index in [0.29, 0.717) is 10.1 Å². The molecule has 0 bridgehead atoms. The molecule has 14 heavy (non-hydrogen) atoms. The minimum atomic E-state index is -1.61. The molecule has 0 unspecified atom stereocenters. The van der Waals surface area contributed by atoms with Gasteiger partial charge in [0.15, 0.2) is 0 Å².